The maximum Gasteiger partial charge on any atom is 0.251 e. The Balaban J connectivity index is 1.40. The summed E-state index contributed by atoms with van der Waals surface area (Å²) < 4.78 is 0. The lowest BCUT2D eigenvalue weighted by molar-refractivity contribution is 0.0947. The topological polar surface area (TPSA) is 44.7 Å². The fourth-order valence-corrected chi connectivity index (χ4v) is 5.98. The minimum absolute atomic E-state index is 0.00724. The quantitative estimate of drug-likeness (QED) is 0.514. The Morgan fingerprint density at radius 1 is 1.12 bits per heavy atom. The maximum absolute atomic E-state index is 12.8. The molecule has 1 fully saturated rings. The zero-order valence-electron chi connectivity index (χ0n) is 19.6. The summed E-state index contributed by atoms with van der Waals surface area (Å²) in [6.45, 7) is 11.0. The standard InChI is InChI=1S/C27H35N3OS/c1-4-8-23-22-9-5-6-10-25(22)32-26-12-11-21(16-24(26)29-23)27(31)28-13-7-14-30-17-19(2)15-20(3)18-30/h5-6,9-12,16,19-20H,4,7-8,13-15,17-18H2,1-3H3,(H,28,31)/t19-,20+. The minimum atomic E-state index is -0.00724. The zero-order chi connectivity index (χ0) is 22.5. The van der Waals surface area contributed by atoms with Crippen LogP contribution < -0.4 is 5.32 Å². The second kappa shape index (κ2) is 10.7. The number of carbonyl (C=O) groups excluding carboxylic acids is 1. The van der Waals surface area contributed by atoms with Gasteiger partial charge in [0, 0.05) is 46.3 Å². The van der Waals surface area contributed by atoms with Crippen molar-refractivity contribution in [2.75, 3.05) is 26.2 Å². The van der Waals surface area contributed by atoms with E-state index in [1.54, 1.807) is 11.8 Å². The number of fused-ring (bicyclic) bond motifs is 2. The molecule has 2 atom stereocenters. The van der Waals surface area contributed by atoms with Crippen molar-refractivity contribution in [2.24, 2.45) is 16.8 Å². The highest BCUT2D eigenvalue weighted by atomic mass is 32.2. The van der Waals surface area contributed by atoms with Gasteiger partial charge in [0.2, 0.25) is 0 Å². The Morgan fingerprint density at radius 2 is 1.91 bits per heavy atom. The van der Waals surface area contributed by atoms with Gasteiger partial charge in [-0.2, -0.15) is 0 Å². The summed E-state index contributed by atoms with van der Waals surface area (Å²) in [6.07, 6.45) is 4.29. The Morgan fingerprint density at radius 3 is 2.69 bits per heavy atom. The molecule has 32 heavy (non-hydrogen) atoms. The number of benzene rings is 2. The normalized spacial score (nSPS) is 20.7. The molecule has 4 nitrogen and oxygen atoms in total. The van der Waals surface area contributed by atoms with Gasteiger partial charge in [0.1, 0.15) is 0 Å². The molecule has 0 unspecified atom stereocenters. The second-order valence-electron chi connectivity index (χ2n) is 9.40. The monoisotopic (exact) mass is 449 g/mol. The first kappa shape index (κ1) is 23.1. The van der Waals surface area contributed by atoms with Crippen molar-refractivity contribution in [2.45, 2.75) is 56.2 Å². The number of likely N-dealkylation sites (tertiary alicyclic amines) is 1. The van der Waals surface area contributed by atoms with Gasteiger partial charge in [-0.05, 0) is 61.9 Å². The lowest BCUT2D eigenvalue weighted by Crippen LogP contribution is -2.40. The summed E-state index contributed by atoms with van der Waals surface area (Å²) in [5.74, 6) is 1.54. The molecule has 2 aromatic rings. The minimum Gasteiger partial charge on any atom is -0.352 e. The van der Waals surface area contributed by atoms with Crippen LogP contribution in [0.5, 0.6) is 0 Å². The predicted molar refractivity (Wildman–Crippen MR) is 134 cm³/mol. The van der Waals surface area contributed by atoms with Crippen LogP contribution in [0.3, 0.4) is 0 Å². The molecule has 0 bridgehead atoms. The molecule has 0 saturated carbocycles. The van der Waals surface area contributed by atoms with E-state index in [-0.39, 0.29) is 5.91 Å². The lowest BCUT2D eigenvalue weighted by atomic mass is 9.92. The summed E-state index contributed by atoms with van der Waals surface area (Å²) in [5, 5.41) is 3.12. The van der Waals surface area contributed by atoms with Gasteiger partial charge in [-0.3, -0.25) is 9.79 Å². The molecular weight excluding hydrogens is 414 g/mol. The number of hydrogen-bond acceptors (Lipinski definition) is 4. The van der Waals surface area contributed by atoms with Crippen LogP contribution in [0.15, 0.2) is 57.2 Å². The van der Waals surface area contributed by atoms with E-state index in [9.17, 15) is 4.79 Å². The van der Waals surface area contributed by atoms with Crippen LogP contribution in [0.2, 0.25) is 0 Å². The molecule has 2 aromatic carbocycles. The predicted octanol–water partition coefficient (Wildman–Crippen LogP) is 6.17. The first-order chi connectivity index (χ1) is 15.5. The van der Waals surface area contributed by atoms with Crippen LogP contribution in [0.25, 0.3) is 0 Å². The molecule has 2 aliphatic rings. The van der Waals surface area contributed by atoms with E-state index < -0.39 is 0 Å². The van der Waals surface area contributed by atoms with Crippen molar-refractivity contribution in [3.63, 3.8) is 0 Å². The summed E-state index contributed by atoms with van der Waals surface area (Å²) in [7, 11) is 0. The highest BCUT2D eigenvalue weighted by Gasteiger charge is 2.21. The van der Waals surface area contributed by atoms with Crippen LogP contribution in [0.4, 0.5) is 5.69 Å². The number of piperidine rings is 1. The summed E-state index contributed by atoms with van der Waals surface area (Å²) in [6, 6.07) is 14.4. The van der Waals surface area contributed by atoms with Crippen molar-refractivity contribution in [1.82, 2.24) is 10.2 Å². The third-order valence-electron chi connectivity index (χ3n) is 6.26. The molecule has 0 radical (unpaired) electrons. The average Bonchev–Trinajstić information content (AvgIpc) is 2.92. The van der Waals surface area contributed by atoms with Crippen molar-refractivity contribution in [3.8, 4) is 0 Å². The lowest BCUT2D eigenvalue weighted by Gasteiger charge is -2.34. The van der Waals surface area contributed by atoms with E-state index in [1.807, 2.05) is 18.2 Å². The van der Waals surface area contributed by atoms with E-state index in [1.165, 1.54) is 30.0 Å². The van der Waals surface area contributed by atoms with Gasteiger partial charge in [-0.1, -0.05) is 57.2 Å². The Bertz CT molecular complexity index is 977. The molecule has 0 aliphatic carbocycles. The van der Waals surface area contributed by atoms with Crippen molar-refractivity contribution < 1.29 is 4.79 Å². The van der Waals surface area contributed by atoms with E-state index in [0.29, 0.717) is 12.1 Å². The largest absolute Gasteiger partial charge is 0.352 e. The number of amides is 1. The molecule has 0 aromatic heterocycles. The van der Waals surface area contributed by atoms with Crippen LogP contribution in [-0.4, -0.2) is 42.7 Å². The number of carbonyl (C=O) groups is 1. The summed E-state index contributed by atoms with van der Waals surface area (Å²) in [4.78, 5) is 22.7. The third-order valence-corrected chi connectivity index (χ3v) is 7.40. The first-order valence-corrected chi connectivity index (χ1v) is 12.8. The van der Waals surface area contributed by atoms with Crippen molar-refractivity contribution in [1.29, 1.82) is 0 Å². The smallest absolute Gasteiger partial charge is 0.251 e. The maximum atomic E-state index is 12.8. The number of hydrogen-bond donors (Lipinski definition) is 1. The molecule has 2 heterocycles. The fourth-order valence-electron chi connectivity index (χ4n) is 4.96. The zero-order valence-corrected chi connectivity index (χ0v) is 20.4. The molecule has 1 N–H and O–H groups in total. The second-order valence-corrected chi connectivity index (χ2v) is 10.5. The summed E-state index contributed by atoms with van der Waals surface area (Å²) >= 11 is 1.74. The molecule has 1 saturated heterocycles. The van der Waals surface area contributed by atoms with E-state index in [4.69, 9.17) is 4.99 Å². The molecule has 0 spiro atoms. The Kier molecular flexibility index (Phi) is 7.69. The van der Waals surface area contributed by atoms with E-state index >= 15 is 0 Å². The van der Waals surface area contributed by atoms with Crippen LogP contribution >= 0.6 is 11.8 Å². The first-order valence-electron chi connectivity index (χ1n) is 12.0. The van der Waals surface area contributed by atoms with Gasteiger partial charge in [-0.25, -0.2) is 0 Å². The van der Waals surface area contributed by atoms with Crippen molar-refractivity contribution >= 4 is 29.1 Å². The SMILES string of the molecule is CCCC1=Nc2cc(C(=O)NCCCN3C[C@H](C)C[C@H](C)C3)ccc2Sc2ccccc21. The Hall–Kier alpha value is -2.11. The molecule has 2 aliphatic heterocycles. The van der Waals surface area contributed by atoms with E-state index in [2.05, 4.69) is 55.3 Å². The third kappa shape index (κ3) is 5.62. The van der Waals surface area contributed by atoms with Gasteiger partial charge < -0.3 is 10.2 Å². The van der Waals surface area contributed by atoms with Crippen LogP contribution in [0.1, 0.15) is 62.4 Å². The average molecular weight is 450 g/mol. The van der Waals surface area contributed by atoms with Crippen molar-refractivity contribution in [3.05, 3.63) is 53.6 Å². The molecule has 5 heteroatoms. The van der Waals surface area contributed by atoms with Gasteiger partial charge in [-0.15, -0.1) is 0 Å². The molecule has 1 amide bonds. The highest BCUT2D eigenvalue weighted by Crippen LogP contribution is 2.41. The highest BCUT2D eigenvalue weighted by molar-refractivity contribution is 7.99. The van der Waals surface area contributed by atoms with Gasteiger partial charge in [0.15, 0.2) is 0 Å². The number of nitrogens with zero attached hydrogens (tertiary/aromatic N) is 2. The Labute approximate surface area is 196 Å². The van der Waals surface area contributed by atoms with E-state index in [0.717, 1.165) is 53.9 Å². The number of rotatable bonds is 7. The molecular formula is C27H35N3OS. The fraction of sp³-hybridized carbons (Fsp3) is 0.481. The number of aliphatic imine (C=N–C) groups is 1. The summed E-state index contributed by atoms with van der Waals surface area (Å²) in [5.41, 5.74) is 3.91. The molecule has 4 rings (SSSR count). The number of nitrogens with one attached hydrogen (secondary N) is 1. The van der Waals surface area contributed by atoms with Crippen LogP contribution in [0, 0.1) is 11.8 Å². The van der Waals surface area contributed by atoms with Gasteiger partial charge in [0.05, 0.1) is 5.69 Å². The van der Waals surface area contributed by atoms with Crippen LogP contribution in [-0.2, 0) is 0 Å². The van der Waals surface area contributed by atoms with Gasteiger partial charge >= 0.3 is 0 Å². The van der Waals surface area contributed by atoms with Gasteiger partial charge in [0.25, 0.3) is 5.91 Å². The molecule has 170 valence electrons.